The number of nitrogens with zero attached hydrogens (tertiary/aromatic N) is 3. The van der Waals surface area contributed by atoms with Crippen LogP contribution in [0.1, 0.15) is 36.5 Å². The third-order valence-electron chi connectivity index (χ3n) is 5.13. The van der Waals surface area contributed by atoms with Gasteiger partial charge in [0.2, 0.25) is 5.88 Å². The van der Waals surface area contributed by atoms with Crippen LogP contribution in [0.15, 0.2) is 48.2 Å². The fourth-order valence-electron chi connectivity index (χ4n) is 3.37. The quantitative estimate of drug-likeness (QED) is 0.495. The van der Waals surface area contributed by atoms with E-state index in [9.17, 15) is 9.59 Å². The number of benzene rings is 1. The van der Waals surface area contributed by atoms with E-state index in [-0.39, 0.29) is 17.9 Å². The van der Waals surface area contributed by atoms with Crippen LogP contribution in [0.2, 0.25) is 0 Å². The van der Waals surface area contributed by atoms with Crippen molar-refractivity contribution in [2.45, 2.75) is 38.4 Å². The van der Waals surface area contributed by atoms with Gasteiger partial charge in [0.15, 0.2) is 6.10 Å². The first-order chi connectivity index (χ1) is 15.5. The Morgan fingerprint density at radius 2 is 2.12 bits per heavy atom. The van der Waals surface area contributed by atoms with Gasteiger partial charge >= 0.3 is 5.97 Å². The van der Waals surface area contributed by atoms with Crippen molar-refractivity contribution in [3.63, 3.8) is 0 Å². The summed E-state index contributed by atoms with van der Waals surface area (Å²) in [4.78, 5) is 27.9. The van der Waals surface area contributed by atoms with Gasteiger partial charge in [0.1, 0.15) is 22.3 Å². The van der Waals surface area contributed by atoms with Gasteiger partial charge in [0.05, 0.1) is 17.8 Å². The molecule has 0 fully saturated rings. The van der Waals surface area contributed by atoms with Crippen LogP contribution in [0.5, 0.6) is 11.6 Å². The van der Waals surface area contributed by atoms with Crippen LogP contribution >= 0.6 is 11.7 Å². The Bertz CT molecular complexity index is 1160. The molecule has 0 spiro atoms. The zero-order valence-corrected chi connectivity index (χ0v) is 18.2. The molecule has 32 heavy (non-hydrogen) atoms. The van der Waals surface area contributed by atoms with Crippen LogP contribution in [0, 0.1) is 0 Å². The van der Waals surface area contributed by atoms with E-state index in [1.807, 2.05) is 6.08 Å². The number of aliphatic carboxylic acids is 1. The van der Waals surface area contributed by atoms with Crippen molar-refractivity contribution in [1.29, 1.82) is 0 Å². The molecular weight excluding hydrogens is 432 g/mol. The van der Waals surface area contributed by atoms with Gasteiger partial charge in [0.25, 0.3) is 5.91 Å². The average Bonchev–Trinajstić information content (AvgIpc) is 3.26. The van der Waals surface area contributed by atoms with Gasteiger partial charge in [-0.25, -0.2) is 9.78 Å². The third kappa shape index (κ3) is 5.27. The van der Waals surface area contributed by atoms with E-state index < -0.39 is 12.1 Å². The van der Waals surface area contributed by atoms with Crippen molar-refractivity contribution in [1.82, 2.24) is 19.0 Å². The molecule has 0 aliphatic heterocycles. The van der Waals surface area contributed by atoms with Crippen molar-refractivity contribution in [3.8, 4) is 11.6 Å². The molecule has 1 aliphatic rings. The minimum atomic E-state index is -0.968. The Balaban J connectivity index is 1.36. The summed E-state index contributed by atoms with van der Waals surface area (Å²) in [6.07, 6.45) is 4.69. The van der Waals surface area contributed by atoms with E-state index in [4.69, 9.17) is 14.6 Å². The fraction of sp³-hybridized carbons (Fsp3) is 0.318. The summed E-state index contributed by atoms with van der Waals surface area (Å²) < 4.78 is 19.7. The van der Waals surface area contributed by atoms with Crippen LogP contribution in [-0.2, 0) is 9.53 Å². The Morgan fingerprint density at radius 3 is 2.91 bits per heavy atom. The maximum absolute atomic E-state index is 12.8. The number of pyridine rings is 1. The van der Waals surface area contributed by atoms with Gasteiger partial charge in [0, 0.05) is 18.8 Å². The Labute approximate surface area is 188 Å². The van der Waals surface area contributed by atoms with Gasteiger partial charge in [-0.15, -0.1) is 0 Å². The van der Waals surface area contributed by atoms with Crippen LogP contribution in [-0.4, -0.2) is 49.5 Å². The maximum Gasteiger partial charge on any atom is 0.332 e. The second-order valence-electron chi connectivity index (χ2n) is 7.43. The predicted octanol–water partition coefficient (Wildman–Crippen LogP) is 3.58. The molecule has 0 saturated heterocycles. The zero-order valence-electron chi connectivity index (χ0n) is 17.4. The highest BCUT2D eigenvalue weighted by Crippen LogP contribution is 2.26. The minimum Gasteiger partial charge on any atom is -0.479 e. The number of carboxylic acids is 1. The van der Waals surface area contributed by atoms with Crippen LogP contribution in [0.3, 0.4) is 0 Å². The molecule has 2 heterocycles. The first-order valence-electron chi connectivity index (χ1n) is 10.2. The topological polar surface area (TPSA) is 124 Å². The zero-order chi connectivity index (χ0) is 22.5. The molecular formula is C22H22N4O5S. The van der Waals surface area contributed by atoms with Crippen LogP contribution in [0.25, 0.3) is 11.0 Å². The van der Waals surface area contributed by atoms with E-state index in [1.165, 1.54) is 6.92 Å². The van der Waals surface area contributed by atoms with Gasteiger partial charge < -0.3 is 19.9 Å². The highest BCUT2D eigenvalue weighted by Gasteiger charge is 2.21. The van der Waals surface area contributed by atoms with Crippen LogP contribution in [0.4, 0.5) is 0 Å². The second kappa shape index (κ2) is 9.84. The lowest BCUT2D eigenvalue weighted by molar-refractivity contribution is -0.153. The lowest BCUT2D eigenvalue weighted by atomic mass is 9.97. The number of carboxylic acid groups (broad SMARTS) is 1. The molecule has 166 valence electrons. The van der Waals surface area contributed by atoms with E-state index in [0.29, 0.717) is 30.7 Å². The molecule has 1 aliphatic carbocycles. The fourth-order valence-corrected chi connectivity index (χ4v) is 3.88. The predicted molar refractivity (Wildman–Crippen MR) is 118 cm³/mol. The molecule has 1 unspecified atom stereocenters. The molecule has 0 radical (unpaired) electrons. The number of hydrogen-bond acceptors (Lipinski definition) is 8. The number of hydrogen-bond donors (Lipinski definition) is 2. The van der Waals surface area contributed by atoms with E-state index >= 15 is 0 Å². The second-order valence-corrected chi connectivity index (χ2v) is 7.96. The SMILES string of the molecule is C[C@@H](OC1CC=C(CNC(=O)c2cccnc2Oc2ccc3nsnc3c2)CC1)C(=O)O. The summed E-state index contributed by atoms with van der Waals surface area (Å²) in [6, 6.07) is 8.66. The number of carbonyl (C=O) groups excluding carboxylic acids is 1. The smallest absolute Gasteiger partial charge is 0.332 e. The van der Waals surface area contributed by atoms with Gasteiger partial charge in [-0.05, 0) is 50.5 Å². The summed E-state index contributed by atoms with van der Waals surface area (Å²) in [6.45, 7) is 1.92. The molecule has 1 aromatic carbocycles. The van der Waals surface area contributed by atoms with Gasteiger partial charge in [-0.3, -0.25) is 4.79 Å². The lowest BCUT2D eigenvalue weighted by Gasteiger charge is -2.24. The van der Waals surface area contributed by atoms with E-state index in [1.54, 1.807) is 36.5 Å². The highest BCUT2D eigenvalue weighted by molar-refractivity contribution is 7.00. The number of carbonyl (C=O) groups is 2. The van der Waals surface area contributed by atoms with Crippen molar-refractivity contribution in [3.05, 3.63) is 53.7 Å². The first kappa shape index (κ1) is 21.8. The van der Waals surface area contributed by atoms with E-state index in [2.05, 4.69) is 19.0 Å². The summed E-state index contributed by atoms with van der Waals surface area (Å²) >= 11 is 1.13. The number of aromatic nitrogens is 3. The third-order valence-corrected chi connectivity index (χ3v) is 5.69. The maximum atomic E-state index is 12.8. The summed E-state index contributed by atoms with van der Waals surface area (Å²) in [5, 5.41) is 11.9. The molecule has 2 N–H and O–H groups in total. The molecule has 3 aromatic rings. The first-order valence-corrected chi connectivity index (χ1v) is 10.9. The number of nitrogens with one attached hydrogen (secondary N) is 1. The molecule has 2 aromatic heterocycles. The molecule has 2 atom stereocenters. The number of amides is 1. The Hall–Kier alpha value is -3.37. The lowest BCUT2D eigenvalue weighted by Crippen LogP contribution is -2.30. The number of fused-ring (bicyclic) bond motifs is 1. The standard InChI is InChI=1S/C22H22N4O5S/c1-13(22(28)29)30-15-6-4-14(5-7-15)12-24-20(27)17-3-2-10-23-21(17)31-16-8-9-18-19(11-16)26-32-25-18/h2-4,8-11,13,15H,5-7,12H2,1H3,(H,24,27)(H,28,29)/t13-,15?/m1/s1. The Kier molecular flexibility index (Phi) is 6.72. The molecule has 0 saturated carbocycles. The van der Waals surface area contributed by atoms with Crippen molar-refractivity contribution in [2.24, 2.45) is 0 Å². The monoisotopic (exact) mass is 454 g/mol. The van der Waals surface area contributed by atoms with Crippen molar-refractivity contribution >= 4 is 34.6 Å². The normalized spacial score (nSPS) is 16.9. The Morgan fingerprint density at radius 1 is 1.28 bits per heavy atom. The summed E-state index contributed by atoms with van der Waals surface area (Å²) in [5.74, 6) is -0.524. The van der Waals surface area contributed by atoms with Crippen molar-refractivity contribution < 1.29 is 24.2 Å². The molecule has 1 amide bonds. The van der Waals surface area contributed by atoms with Gasteiger partial charge in [-0.1, -0.05) is 11.6 Å². The van der Waals surface area contributed by atoms with Gasteiger partial charge in [-0.2, -0.15) is 8.75 Å². The largest absolute Gasteiger partial charge is 0.479 e. The number of ether oxygens (including phenoxy) is 2. The summed E-state index contributed by atoms with van der Waals surface area (Å²) in [5.41, 5.74) is 2.91. The molecule has 0 bridgehead atoms. The molecule has 9 nitrogen and oxygen atoms in total. The van der Waals surface area contributed by atoms with Crippen LogP contribution < -0.4 is 10.1 Å². The van der Waals surface area contributed by atoms with Crippen molar-refractivity contribution in [2.75, 3.05) is 6.54 Å². The molecule has 10 heteroatoms. The highest BCUT2D eigenvalue weighted by atomic mass is 32.1. The van der Waals surface area contributed by atoms with E-state index in [0.717, 1.165) is 34.8 Å². The number of rotatable bonds is 8. The summed E-state index contributed by atoms with van der Waals surface area (Å²) in [7, 11) is 0. The molecule has 4 rings (SSSR count). The average molecular weight is 455 g/mol. The minimum absolute atomic E-state index is 0.121.